The highest BCUT2D eigenvalue weighted by Crippen LogP contribution is 2.17. The highest BCUT2D eigenvalue weighted by atomic mass is 35.5. The van der Waals surface area contributed by atoms with Gasteiger partial charge >= 0.3 is 0 Å². The summed E-state index contributed by atoms with van der Waals surface area (Å²) in [4.78, 5) is 25.3. The van der Waals surface area contributed by atoms with Gasteiger partial charge in [0.05, 0.1) is 0 Å². The topological polar surface area (TPSA) is 58.2 Å². The fourth-order valence-electron chi connectivity index (χ4n) is 5.39. The van der Waals surface area contributed by atoms with Crippen molar-refractivity contribution in [3.8, 4) is 0 Å². The van der Waals surface area contributed by atoms with E-state index in [1.165, 1.54) is 128 Å². The average molecular weight is 591 g/mol. The number of nitrogens with one attached hydrogen (secondary N) is 2. The lowest BCUT2D eigenvalue weighted by Crippen LogP contribution is -2.27. The summed E-state index contributed by atoms with van der Waals surface area (Å²) < 4.78 is 0. The summed E-state index contributed by atoms with van der Waals surface area (Å²) in [5, 5.41) is 6.40. The van der Waals surface area contributed by atoms with Gasteiger partial charge in [-0.05, 0) is 31.0 Å². The van der Waals surface area contributed by atoms with Crippen LogP contribution in [0.5, 0.6) is 0 Å². The molecule has 0 bridgehead atoms. The monoisotopic (exact) mass is 590 g/mol. The SMILES string of the molecule is CCCCCCCCCCCCCCNC(=O)c1cc(Cl)cc(C(=O)NCCCCCCCCCCCCCC)c1. The molecule has 1 aromatic carbocycles. The Morgan fingerprint density at radius 1 is 0.463 bits per heavy atom. The highest BCUT2D eigenvalue weighted by Gasteiger charge is 2.12. The normalized spacial score (nSPS) is 11.1. The Morgan fingerprint density at radius 2 is 0.732 bits per heavy atom. The molecule has 0 aliphatic heterocycles. The zero-order valence-corrected chi connectivity index (χ0v) is 27.6. The van der Waals surface area contributed by atoms with Gasteiger partial charge in [0.25, 0.3) is 11.8 Å². The van der Waals surface area contributed by atoms with Gasteiger partial charge in [0.15, 0.2) is 0 Å². The van der Waals surface area contributed by atoms with Gasteiger partial charge in [-0.1, -0.05) is 167 Å². The molecule has 0 unspecified atom stereocenters. The second-order valence-electron chi connectivity index (χ2n) is 12.0. The molecule has 0 atom stereocenters. The van der Waals surface area contributed by atoms with Crippen LogP contribution in [0.15, 0.2) is 18.2 Å². The Kier molecular flexibility index (Phi) is 24.9. The molecular formula is C36H63ClN2O2. The number of halogens is 1. The van der Waals surface area contributed by atoms with E-state index in [1.807, 2.05) is 0 Å². The first kappa shape index (κ1) is 37.5. The van der Waals surface area contributed by atoms with Gasteiger partial charge < -0.3 is 10.6 Å². The predicted molar refractivity (Wildman–Crippen MR) is 178 cm³/mol. The summed E-state index contributed by atoms with van der Waals surface area (Å²) in [6.45, 7) is 5.84. The van der Waals surface area contributed by atoms with Gasteiger partial charge in [-0.25, -0.2) is 0 Å². The number of carbonyl (C=O) groups excluding carboxylic acids is 2. The van der Waals surface area contributed by atoms with Gasteiger partial charge in [0.2, 0.25) is 0 Å². The van der Waals surface area contributed by atoms with Crippen LogP contribution in [0.2, 0.25) is 5.02 Å². The first-order valence-electron chi connectivity index (χ1n) is 17.5. The maximum atomic E-state index is 12.7. The molecule has 236 valence electrons. The van der Waals surface area contributed by atoms with Crippen LogP contribution in [-0.2, 0) is 0 Å². The Hall–Kier alpha value is -1.55. The van der Waals surface area contributed by atoms with Crippen LogP contribution in [0.25, 0.3) is 0 Å². The summed E-state index contributed by atoms with van der Waals surface area (Å²) in [7, 11) is 0. The van der Waals surface area contributed by atoms with Crippen molar-refractivity contribution in [1.29, 1.82) is 0 Å². The van der Waals surface area contributed by atoms with Crippen LogP contribution in [0.1, 0.15) is 189 Å². The number of rotatable bonds is 28. The summed E-state index contributed by atoms with van der Waals surface area (Å²) in [6, 6.07) is 4.93. The fraction of sp³-hybridized carbons (Fsp3) is 0.778. The molecule has 41 heavy (non-hydrogen) atoms. The minimum absolute atomic E-state index is 0.161. The lowest BCUT2D eigenvalue weighted by molar-refractivity contribution is 0.0952. The Labute approximate surface area is 258 Å². The zero-order chi connectivity index (χ0) is 29.8. The Bertz CT molecular complexity index is 723. The molecule has 0 heterocycles. The van der Waals surface area contributed by atoms with E-state index in [-0.39, 0.29) is 11.8 Å². The van der Waals surface area contributed by atoms with Gasteiger partial charge in [-0.3, -0.25) is 9.59 Å². The summed E-state index contributed by atoms with van der Waals surface area (Å²) in [5.74, 6) is -0.323. The minimum Gasteiger partial charge on any atom is -0.352 e. The number of hydrogen-bond acceptors (Lipinski definition) is 2. The van der Waals surface area contributed by atoms with Gasteiger partial charge in [0, 0.05) is 29.2 Å². The van der Waals surface area contributed by atoms with Crippen LogP contribution in [0.4, 0.5) is 0 Å². The lowest BCUT2D eigenvalue weighted by atomic mass is 10.1. The number of benzene rings is 1. The van der Waals surface area contributed by atoms with Crippen molar-refractivity contribution in [2.75, 3.05) is 13.1 Å². The Balaban J connectivity index is 2.11. The summed E-state index contributed by atoms with van der Waals surface area (Å²) >= 11 is 6.25. The van der Waals surface area contributed by atoms with E-state index in [2.05, 4.69) is 24.5 Å². The third-order valence-electron chi connectivity index (χ3n) is 8.05. The van der Waals surface area contributed by atoms with Crippen LogP contribution in [0.3, 0.4) is 0 Å². The maximum Gasteiger partial charge on any atom is 0.251 e. The second kappa shape index (κ2) is 27.3. The minimum atomic E-state index is -0.161. The van der Waals surface area contributed by atoms with Gasteiger partial charge in [0.1, 0.15) is 0 Å². The first-order valence-corrected chi connectivity index (χ1v) is 17.8. The van der Waals surface area contributed by atoms with E-state index in [0.717, 1.165) is 25.7 Å². The molecule has 4 nitrogen and oxygen atoms in total. The van der Waals surface area contributed by atoms with E-state index in [4.69, 9.17) is 11.6 Å². The number of carbonyl (C=O) groups is 2. The van der Waals surface area contributed by atoms with Crippen LogP contribution in [0, 0.1) is 0 Å². The molecule has 0 aromatic heterocycles. The Morgan fingerprint density at radius 3 is 1.02 bits per heavy atom. The van der Waals surface area contributed by atoms with E-state index in [1.54, 1.807) is 18.2 Å². The van der Waals surface area contributed by atoms with E-state index in [0.29, 0.717) is 29.2 Å². The smallest absolute Gasteiger partial charge is 0.251 e. The largest absolute Gasteiger partial charge is 0.352 e. The van der Waals surface area contributed by atoms with Crippen molar-refractivity contribution in [3.05, 3.63) is 34.3 Å². The molecule has 0 fully saturated rings. The predicted octanol–water partition coefficient (Wildman–Crippen LogP) is 11.2. The van der Waals surface area contributed by atoms with Gasteiger partial charge in [-0.15, -0.1) is 0 Å². The van der Waals surface area contributed by atoms with Crippen LogP contribution in [-0.4, -0.2) is 24.9 Å². The number of unbranched alkanes of at least 4 members (excludes halogenated alkanes) is 22. The fourth-order valence-corrected chi connectivity index (χ4v) is 5.63. The molecule has 2 N–H and O–H groups in total. The molecular weight excluding hydrogens is 528 g/mol. The molecule has 1 rings (SSSR count). The van der Waals surface area contributed by atoms with E-state index >= 15 is 0 Å². The van der Waals surface area contributed by atoms with Crippen molar-refractivity contribution in [2.24, 2.45) is 0 Å². The molecule has 0 saturated carbocycles. The standard InChI is InChI=1S/C36H63ClN2O2/c1-3-5-7-9-11-13-15-17-19-21-23-25-27-38-35(40)32-29-33(31-34(37)30-32)36(41)39-28-26-24-22-20-18-16-14-12-10-8-6-4-2/h29-31H,3-28H2,1-2H3,(H,38,40)(H,39,41). The summed E-state index contributed by atoms with van der Waals surface area (Å²) in [6.07, 6.45) is 31.1. The molecule has 0 spiro atoms. The molecule has 5 heteroatoms. The van der Waals surface area contributed by atoms with E-state index in [9.17, 15) is 9.59 Å². The van der Waals surface area contributed by atoms with Crippen LogP contribution < -0.4 is 10.6 Å². The highest BCUT2D eigenvalue weighted by molar-refractivity contribution is 6.31. The number of hydrogen-bond donors (Lipinski definition) is 2. The number of amides is 2. The van der Waals surface area contributed by atoms with Crippen molar-refractivity contribution < 1.29 is 9.59 Å². The molecule has 0 saturated heterocycles. The lowest BCUT2D eigenvalue weighted by Gasteiger charge is -2.09. The summed E-state index contributed by atoms with van der Waals surface area (Å²) in [5.41, 5.74) is 0.902. The van der Waals surface area contributed by atoms with Crippen molar-refractivity contribution >= 4 is 23.4 Å². The third-order valence-corrected chi connectivity index (χ3v) is 8.27. The van der Waals surface area contributed by atoms with Crippen molar-refractivity contribution in [1.82, 2.24) is 10.6 Å². The molecule has 0 aliphatic rings. The molecule has 1 aromatic rings. The average Bonchev–Trinajstić information content (AvgIpc) is 2.97. The molecule has 2 amide bonds. The van der Waals surface area contributed by atoms with Crippen molar-refractivity contribution in [3.63, 3.8) is 0 Å². The van der Waals surface area contributed by atoms with Gasteiger partial charge in [-0.2, -0.15) is 0 Å². The quantitative estimate of drug-likeness (QED) is 0.0953. The first-order chi connectivity index (χ1) is 20.1. The molecule has 0 radical (unpaired) electrons. The van der Waals surface area contributed by atoms with Crippen molar-refractivity contribution in [2.45, 2.75) is 168 Å². The third kappa shape index (κ3) is 21.8. The molecule has 0 aliphatic carbocycles. The maximum absolute atomic E-state index is 12.7. The van der Waals surface area contributed by atoms with Crippen LogP contribution >= 0.6 is 11.6 Å². The second-order valence-corrected chi connectivity index (χ2v) is 12.5. The van der Waals surface area contributed by atoms with E-state index < -0.39 is 0 Å². The zero-order valence-electron chi connectivity index (χ0n) is 26.8.